The van der Waals surface area contributed by atoms with Crippen LogP contribution in [0.5, 0.6) is 0 Å². The Morgan fingerprint density at radius 2 is 1.74 bits per heavy atom. The number of aromatic nitrogens is 1. The molecule has 3 aromatic rings. The molecule has 0 radical (unpaired) electrons. The van der Waals surface area contributed by atoms with Crippen molar-refractivity contribution in [2.75, 3.05) is 26.8 Å². The third kappa shape index (κ3) is 5.49. The number of rotatable bonds is 9. The van der Waals surface area contributed by atoms with Gasteiger partial charge in [0.1, 0.15) is 9.88 Å². The molecule has 0 unspecified atom stereocenters. The van der Waals surface area contributed by atoms with Crippen molar-refractivity contribution in [1.82, 2.24) is 9.88 Å². The fraction of sp³-hybridized carbons (Fsp3) is 0.273. The number of aryl methyl sites for hydroxylation is 1. The third-order valence-corrected chi connectivity index (χ3v) is 5.36. The SMILES string of the molecule is COCCN(CCCc1ccccc1)C(=O)c1cnc(-c2ccccc2)s1. The van der Waals surface area contributed by atoms with Crippen LogP contribution in [-0.2, 0) is 11.2 Å². The van der Waals surface area contributed by atoms with Gasteiger partial charge in [-0.1, -0.05) is 60.7 Å². The zero-order valence-corrected chi connectivity index (χ0v) is 16.3. The van der Waals surface area contributed by atoms with Gasteiger partial charge in [0.05, 0.1) is 12.8 Å². The van der Waals surface area contributed by atoms with Crippen molar-refractivity contribution in [2.45, 2.75) is 12.8 Å². The van der Waals surface area contributed by atoms with Gasteiger partial charge in [0.15, 0.2) is 0 Å². The first-order valence-electron chi connectivity index (χ1n) is 9.11. The lowest BCUT2D eigenvalue weighted by molar-refractivity contribution is 0.0698. The minimum Gasteiger partial charge on any atom is -0.383 e. The van der Waals surface area contributed by atoms with Crippen LogP contribution < -0.4 is 0 Å². The number of benzene rings is 2. The van der Waals surface area contributed by atoms with Gasteiger partial charge in [-0.15, -0.1) is 11.3 Å². The molecule has 4 nitrogen and oxygen atoms in total. The van der Waals surface area contributed by atoms with Gasteiger partial charge in [-0.2, -0.15) is 0 Å². The predicted octanol–water partition coefficient (Wildman–Crippen LogP) is 4.53. The van der Waals surface area contributed by atoms with Gasteiger partial charge in [0.2, 0.25) is 0 Å². The molecule has 0 aliphatic rings. The number of hydrogen-bond acceptors (Lipinski definition) is 4. The van der Waals surface area contributed by atoms with E-state index in [9.17, 15) is 4.79 Å². The first-order chi connectivity index (χ1) is 13.3. The summed E-state index contributed by atoms with van der Waals surface area (Å²) >= 11 is 1.44. The highest BCUT2D eigenvalue weighted by Crippen LogP contribution is 2.25. The van der Waals surface area contributed by atoms with Crippen molar-refractivity contribution in [1.29, 1.82) is 0 Å². The summed E-state index contributed by atoms with van der Waals surface area (Å²) < 4.78 is 5.19. The van der Waals surface area contributed by atoms with Gasteiger partial charge in [-0.25, -0.2) is 4.98 Å². The maximum atomic E-state index is 13.0. The highest BCUT2D eigenvalue weighted by Gasteiger charge is 2.18. The number of hydrogen-bond donors (Lipinski definition) is 0. The van der Waals surface area contributed by atoms with Gasteiger partial charge in [-0.3, -0.25) is 4.79 Å². The summed E-state index contributed by atoms with van der Waals surface area (Å²) in [5.41, 5.74) is 2.33. The second-order valence-electron chi connectivity index (χ2n) is 6.27. The molecule has 0 spiro atoms. The minimum atomic E-state index is 0.0276. The van der Waals surface area contributed by atoms with Crippen molar-refractivity contribution in [3.05, 3.63) is 77.3 Å². The molecule has 0 aliphatic carbocycles. The second kappa shape index (κ2) is 10.00. The van der Waals surface area contributed by atoms with E-state index in [2.05, 4.69) is 17.1 Å². The molecule has 0 N–H and O–H groups in total. The molecule has 5 heteroatoms. The molecule has 1 amide bonds. The van der Waals surface area contributed by atoms with Gasteiger partial charge in [0.25, 0.3) is 5.91 Å². The molecule has 3 rings (SSSR count). The molecular weight excluding hydrogens is 356 g/mol. The smallest absolute Gasteiger partial charge is 0.265 e. The number of methoxy groups -OCH3 is 1. The van der Waals surface area contributed by atoms with E-state index < -0.39 is 0 Å². The third-order valence-electron chi connectivity index (χ3n) is 4.33. The molecule has 2 aromatic carbocycles. The van der Waals surface area contributed by atoms with Crippen molar-refractivity contribution in [3.8, 4) is 10.6 Å². The van der Waals surface area contributed by atoms with Crippen molar-refractivity contribution in [2.24, 2.45) is 0 Å². The number of ether oxygens (including phenoxy) is 1. The number of thiazole rings is 1. The van der Waals surface area contributed by atoms with Gasteiger partial charge in [-0.05, 0) is 18.4 Å². The highest BCUT2D eigenvalue weighted by molar-refractivity contribution is 7.16. The van der Waals surface area contributed by atoms with Crippen molar-refractivity contribution < 1.29 is 9.53 Å². The summed E-state index contributed by atoms with van der Waals surface area (Å²) in [6.07, 6.45) is 3.56. The van der Waals surface area contributed by atoms with E-state index in [-0.39, 0.29) is 5.91 Å². The largest absolute Gasteiger partial charge is 0.383 e. The second-order valence-corrected chi connectivity index (χ2v) is 7.30. The van der Waals surface area contributed by atoms with E-state index in [0.717, 1.165) is 23.4 Å². The zero-order chi connectivity index (χ0) is 18.9. The lowest BCUT2D eigenvalue weighted by Crippen LogP contribution is -2.34. The molecule has 1 heterocycles. The molecular formula is C22H24N2O2S. The van der Waals surface area contributed by atoms with E-state index in [1.54, 1.807) is 13.3 Å². The van der Waals surface area contributed by atoms with Crippen molar-refractivity contribution >= 4 is 17.2 Å². The van der Waals surface area contributed by atoms with E-state index in [1.165, 1.54) is 16.9 Å². The van der Waals surface area contributed by atoms with Gasteiger partial charge in [0, 0.05) is 25.8 Å². The standard InChI is InChI=1S/C22H24N2O2S/c1-26-16-15-24(14-8-11-18-9-4-2-5-10-18)22(25)20-17-23-21(27-20)19-12-6-3-7-13-19/h2-7,9-10,12-13,17H,8,11,14-16H2,1H3. The quantitative estimate of drug-likeness (QED) is 0.548. The number of carbonyl (C=O) groups is 1. The van der Waals surface area contributed by atoms with Crippen LogP contribution in [0.1, 0.15) is 21.7 Å². The van der Waals surface area contributed by atoms with E-state index in [1.807, 2.05) is 53.4 Å². The number of amides is 1. The molecule has 1 aromatic heterocycles. The topological polar surface area (TPSA) is 42.4 Å². The van der Waals surface area contributed by atoms with Crippen LogP contribution in [0.2, 0.25) is 0 Å². The Hall–Kier alpha value is -2.50. The molecule has 0 saturated carbocycles. The summed E-state index contributed by atoms with van der Waals surface area (Å²) in [4.78, 5) is 20.0. The van der Waals surface area contributed by atoms with Gasteiger partial charge >= 0.3 is 0 Å². The maximum Gasteiger partial charge on any atom is 0.265 e. The van der Waals surface area contributed by atoms with Gasteiger partial charge < -0.3 is 9.64 Å². The molecule has 140 valence electrons. The van der Waals surface area contributed by atoms with Crippen LogP contribution >= 0.6 is 11.3 Å². The summed E-state index contributed by atoms with van der Waals surface area (Å²) in [6, 6.07) is 20.3. The summed E-state index contributed by atoms with van der Waals surface area (Å²) in [5.74, 6) is 0.0276. The van der Waals surface area contributed by atoms with Crippen LogP contribution in [0.15, 0.2) is 66.9 Å². The lowest BCUT2D eigenvalue weighted by Gasteiger charge is -2.21. The van der Waals surface area contributed by atoms with Crippen LogP contribution in [0.4, 0.5) is 0 Å². The minimum absolute atomic E-state index is 0.0276. The van der Waals surface area contributed by atoms with Crippen LogP contribution in [0, 0.1) is 0 Å². The first kappa shape index (κ1) is 19.3. The molecule has 0 atom stereocenters. The van der Waals surface area contributed by atoms with Crippen LogP contribution in [-0.4, -0.2) is 42.6 Å². The monoisotopic (exact) mass is 380 g/mol. The molecule has 0 aliphatic heterocycles. The Bertz CT molecular complexity index is 834. The number of carbonyl (C=O) groups excluding carboxylic acids is 1. The average molecular weight is 381 g/mol. The fourth-order valence-corrected chi connectivity index (χ4v) is 3.77. The first-order valence-corrected chi connectivity index (χ1v) is 9.93. The average Bonchev–Trinajstić information content (AvgIpc) is 3.22. The molecule has 27 heavy (non-hydrogen) atoms. The normalized spacial score (nSPS) is 10.7. The predicted molar refractivity (Wildman–Crippen MR) is 110 cm³/mol. The Morgan fingerprint density at radius 1 is 1.04 bits per heavy atom. The summed E-state index contributed by atoms with van der Waals surface area (Å²) in [7, 11) is 1.66. The summed E-state index contributed by atoms with van der Waals surface area (Å²) in [5, 5.41) is 0.870. The highest BCUT2D eigenvalue weighted by atomic mass is 32.1. The number of nitrogens with zero attached hydrogens (tertiary/aromatic N) is 2. The van der Waals surface area contributed by atoms with Crippen molar-refractivity contribution in [3.63, 3.8) is 0 Å². The van der Waals surface area contributed by atoms with Crippen LogP contribution in [0.3, 0.4) is 0 Å². The van der Waals surface area contributed by atoms with E-state index in [0.29, 0.717) is 24.6 Å². The summed E-state index contributed by atoms with van der Waals surface area (Å²) in [6.45, 7) is 1.82. The molecule has 0 fully saturated rings. The Balaban J connectivity index is 1.65. The Morgan fingerprint density at radius 3 is 2.44 bits per heavy atom. The maximum absolute atomic E-state index is 13.0. The molecule has 0 saturated heterocycles. The lowest BCUT2D eigenvalue weighted by atomic mass is 10.1. The van der Waals surface area contributed by atoms with E-state index >= 15 is 0 Å². The van der Waals surface area contributed by atoms with Crippen LogP contribution in [0.25, 0.3) is 10.6 Å². The van der Waals surface area contributed by atoms with E-state index in [4.69, 9.17) is 4.74 Å². The molecule has 0 bridgehead atoms. The Kier molecular flexibility index (Phi) is 7.13. The fourth-order valence-electron chi connectivity index (χ4n) is 2.88. The zero-order valence-electron chi connectivity index (χ0n) is 15.5. The Labute approximate surface area is 164 Å².